The highest BCUT2D eigenvalue weighted by molar-refractivity contribution is 5.98. The van der Waals surface area contributed by atoms with Crippen molar-refractivity contribution >= 4 is 22.8 Å². The molecule has 1 atom stereocenters. The molecule has 0 saturated carbocycles. The lowest BCUT2D eigenvalue weighted by Gasteiger charge is -2.36. The summed E-state index contributed by atoms with van der Waals surface area (Å²) in [5, 5.41) is 9.09. The highest BCUT2D eigenvalue weighted by atomic mass is 16.5. The Hall–Kier alpha value is -3.98. The van der Waals surface area contributed by atoms with Crippen LogP contribution in [0.3, 0.4) is 0 Å². The molecule has 190 valence electrons. The third-order valence-corrected chi connectivity index (χ3v) is 7.37. The molecule has 2 aromatic heterocycles. The number of fused-ring (bicyclic) bond motifs is 1. The summed E-state index contributed by atoms with van der Waals surface area (Å²) in [5.41, 5.74) is 8.69. The van der Waals surface area contributed by atoms with E-state index in [-0.39, 0.29) is 17.9 Å². The first-order chi connectivity index (χ1) is 18.2. The van der Waals surface area contributed by atoms with E-state index in [4.69, 9.17) is 15.6 Å². The van der Waals surface area contributed by atoms with E-state index in [9.17, 15) is 4.79 Å². The fraction of sp³-hybridized carbons (Fsp3) is 0.357. The number of carbonyl (C=O) groups is 1. The summed E-state index contributed by atoms with van der Waals surface area (Å²) < 4.78 is 7.91. The Kier molecular flexibility index (Phi) is 6.44. The van der Waals surface area contributed by atoms with Gasteiger partial charge in [0, 0.05) is 24.6 Å². The largest absolute Gasteiger partial charge is 0.457 e. The maximum atomic E-state index is 13.2. The van der Waals surface area contributed by atoms with E-state index < -0.39 is 0 Å². The Bertz CT molecular complexity index is 1380. The fourth-order valence-corrected chi connectivity index (χ4v) is 5.44. The van der Waals surface area contributed by atoms with Crippen LogP contribution < -0.4 is 15.8 Å². The summed E-state index contributed by atoms with van der Waals surface area (Å²) in [7, 11) is 0. The zero-order valence-corrected chi connectivity index (χ0v) is 20.7. The Labute approximate surface area is 215 Å². The van der Waals surface area contributed by atoms with E-state index in [1.807, 2.05) is 64.2 Å². The average Bonchev–Trinajstić information content (AvgIpc) is 3.35. The van der Waals surface area contributed by atoms with Gasteiger partial charge in [0.15, 0.2) is 5.65 Å². The smallest absolute Gasteiger partial charge is 0.225 e. The third kappa shape index (κ3) is 4.74. The second-order valence-electron chi connectivity index (χ2n) is 9.79. The summed E-state index contributed by atoms with van der Waals surface area (Å²) in [6, 6.07) is 17.5. The zero-order valence-electron chi connectivity index (χ0n) is 20.7. The molecule has 1 amide bonds. The van der Waals surface area contributed by atoms with Crippen molar-refractivity contribution in [1.29, 1.82) is 0 Å². The van der Waals surface area contributed by atoms with Crippen LogP contribution in [0, 0.1) is 5.92 Å². The molecule has 9 heteroatoms. The third-order valence-electron chi connectivity index (χ3n) is 7.37. The molecule has 2 aromatic carbocycles. The number of nitrogens with one attached hydrogen (secondary N) is 1. The first-order valence-corrected chi connectivity index (χ1v) is 13.0. The number of piperidine rings is 2. The number of likely N-dealkylation sites (tertiary alicyclic amines) is 1. The molecule has 9 nitrogen and oxygen atoms in total. The van der Waals surface area contributed by atoms with Crippen LogP contribution in [0.2, 0.25) is 0 Å². The number of ether oxygens (including phenoxy) is 1. The van der Waals surface area contributed by atoms with Gasteiger partial charge in [-0.25, -0.2) is 14.6 Å². The number of aromatic nitrogens is 4. The van der Waals surface area contributed by atoms with Gasteiger partial charge in [0.1, 0.15) is 29.3 Å². The number of hydrogen-bond donors (Lipinski definition) is 2. The monoisotopic (exact) mass is 497 g/mol. The van der Waals surface area contributed by atoms with Crippen LogP contribution in [-0.4, -0.2) is 56.7 Å². The van der Waals surface area contributed by atoms with E-state index in [2.05, 4.69) is 15.3 Å². The van der Waals surface area contributed by atoms with Crippen LogP contribution >= 0.6 is 0 Å². The molecule has 0 spiro atoms. The Morgan fingerprint density at radius 1 is 0.973 bits per heavy atom. The Balaban J connectivity index is 1.29. The van der Waals surface area contributed by atoms with Crippen LogP contribution in [-0.2, 0) is 4.79 Å². The van der Waals surface area contributed by atoms with Crippen molar-refractivity contribution < 1.29 is 9.53 Å². The lowest BCUT2D eigenvalue weighted by molar-refractivity contribution is -0.138. The number of rotatable bonds is 5. The molecule has 1 unspecified atom stereocenters. The molecule has 2 fully saturated rings. The average molecular weight is 498 g/mol. The molecular formula is C28H31N7O2. The number of carbonyl (C=O) groups excluding carboxylic acids is 1. The van der Waals surface area contributed by atoms with Crippen molar-refractivity contribution in [3.63, 3.8) is 0 Å². The number of anilines is 1. The van der Waals surface area contributed by atoms with Gasteiger partial charge in [-0.15, -0.1) is 0 Å². The van der Waals surface area contributed by atoms with Crippen molar-refractivity contribution in [3.8, 4) is 22.8 Å². The molecule has 0 radical (unpaired) electrons. The van der Waals surface area contributed by atoms with Crippen molar-refractivity contribution in [2.75, 3.05) is 31.9 Å². The molecular weight excluding hydrogens is 466 g/mol. The number of nitrogens with two attached hydrogens (primary N) is 1. The van der Waals surface area contributed by atoms with Gasteiger partial charge in [0.2, 0.25) is 5.91 Å². The molecule has 37 heavy (non-hydrogen) atoms. The standard InChI is InChI=1S/C28H31N7O2/c29-26-24-25(19-8-10-23(11-9-19)37-22-6-2-1-3-7-22)33-35(27(24)32-18-31-26)21-5-4-16-34(17-21)28(36)20-12-14-30-15-13-20/h1-3,6-11,18,20-21,30H,4-5,12-17H2,(H2,29,31,32). The van der Waals surface area contributed by atoms with Gasteiger partial charge in [-0.3, -0.25) is 4.79 Å². The van der Waals surface area contributed by atoms with E-state index >= 15 is 0 Å². The molecule has 2 aliphatic rings. The Morgan fingerprint density at radius 2 is 1.73 bits per heavy atom. The van der Waals surface area contributed by atoms with Crippen molar-refractivity contribution in [2.45, 2.75) is 31.7 Å². The minimum Gasteiger partial charge on any atom is -0.457 e. The van der Waals surface area contributed by atoms with Crippen LogP contribution in [0.5, 0.6) is 11.5 Å². The fourth-order valence-electron chi connectivity index (χ4n) is 5.44. The Morgan fingerprint density at radius 3 is 2.51 bits per heavy atom. The minimum absolute atomic E-state index is 0.0330. The second kappa shape index (κ2) is 10.2. The number of nitrogen functional groups attached to an aromatic ring is 1. The molecule has 6 rings (SSSR count). The van der Waals surface area contributed by atoms with E-state index in [0.29, 0.717) is 18.0 Å². The topological polar surface area (TPSA) is 111 Å². The predicted molar refractivity (Wildman–Crippen MR) is 142 cm³/mol. The summed E-state index contributed by atoms with van der Waals surface area (Å²) in [6.45, 7) is 3.25. The van der Waals surface area contributed by atoms with Gasteiger partial charge >= 0.3 is 0 Å². The predicted octanol–water partition coefficient (Wildman–Crippen LogP) is 4.03. The van der Waals surface area contributed by atoms with Crippen molar-refractivity contribution in [1.82, 2.24) is 30.0 Å². The molecule has 0 aliphatic carbocycles. The first-order valence-electron chi connectivity index (χ1n) is 13.0. The maximum Gasteiger partial charge on any atom is 0.225 e. The summed E-state index contributed by atoms with van der Waals surface area (Å²) in [5.74, 6) is 2.30. The maximum absolute atomic E-state index is 13.2. The lowest BCUT2D eigenvalue weighted by atomic mass is 9.95. The molecule has 0 bridgehead atoms. The van der Waals surface area contributed by atoms with E-state index in [0.717, 1.165) is 73.5 Å². The highest BCUT2D eigenvalue weighted by Gasteiger charge is 2.32. The van der Waals surface area contributed by atoms with Gasteiger partial charge in [0.05, 0.1) is 11.4 Å². The van der Waals surface area contributed by atoms with Gasteiger partial charge in [-0.2, -0.15) is 5.10 Å². The SMILES string of the molecule is Nc1ncnc2c1c(-c1ccc(Oc3ccccc3)cc1)nn2C1CCCN(C(=O)C2CCNCC2)C1. The van der Waals surface area contributed by atoms with Crippen LogP contribution in [0.4, 0.5) is 5.82 Å². The minimum atomic E-state index is 0.0330. The molecule has 2 aliphatic heterocycles. The van der Waals surface area contributed by atoms with E-state index in [1.54, 1.807) is 0 Å². The molecule has 3 N–H and O–H groups in total. The van der Waals surface area contributed by atoms with Crippen molar-refractivity contribution in [2.24, 2.45) is 5.92 Å². The second-order valence-corrected chi connectivity index (χ2v) is 9.79. The molecule has 4 heterocycles. The van der Waals surface area contributed by atoms with Gasteiger partial charge < -0.3 is 20.7 Å². The highest BCUT2D eigenvalue weighted by Crippen LogP contribution is 2.35. The number of hydrogen-bond acceptors (Lipinski definition) is 7. The quantitative estimate of drug-likeness (QED) is 0.428. The number of nitrogens with zero attached hydrogens (tertiary/aromatic N) is 5. The van der Waals surface area contributed by atoms with Crippen LogP contribution in [0.15, 0.2) is 60.9 Å². The van der Waals surface area contributed by atoms with Crippen molar-refractivity contribution in [3.05, 3.63) is 60.9 Å². The number of benzene rings is 2. The lowest BCUT2D eigenvalue weighted by Crippen LogP contribution is -2.46. The molecule has 2 saturated heterocycles. The number of para-hydroxylation sites is 1. The normalized spacial score (nSPS) is 18.7. The summed E-state index contributed by atoms with van der Waals surface area (Å²) in [6.07, 6.45) is 5.16. The first kappa shape index (κ1) is 23.4. The van der Waals surface area contributed by atoms with Gasteiger partial charge in [0.25, 0.3) is 0 Å². The van der Waals surface area contributed by atoms with Crippen LogP contribution in [0.25, 0.3) is 22.3 Å². The van der Waals surface area contributed by atoms with E-state index in [1.165, 1.54) is 6.33 Å². The summed E-state index contributed by atoms with van der Waals surface area (Å²) in [4.78, 5) is 24.1. The molecule has 4 aromatic rings. The van der Waals surface area contributed by atoms with Crippen LogP contribution in [0.1, 0.15) is 31.7 Å². The van der Waals surface area contributed by atoms with Gasteiger partial charge in [-0.1, -0.05) is 18.2 Å². The van der Waals surface area contributed by atoms with Gasteiger partial charge in [-0.05, 0) is 75.2 Å². The number of amides is 1. The summed E-state index contributed by atoms with van der Waals surface area (Å²) >= 11 is 0. The zero-order chi connectivity index (χ0) is 25.2.